The molecule has 0 aromatic carbocycles. The molecule has 0 saturated carbocycles. The Labute approximate surface area is 112 Å². The smallest absolute Gasteiger partial charge is 0.0462 e. The highest BCUT2D eigenvalue weighted by Gasteiger charge is 2.36. The van der Waals surface area contributed by atoms with Gasteiger partial charge in [-0.2, -0.15) is 0 Å². The zero-order chi connectivity index (χ0) is 12.8. The topological polar surface area (TPSA) is 27.7 Å². The fourth-order valence-electron chi connectivity index (χ4n) is 3.25. The number of rotatable bonds is 8. The summed E-state index contributed by atoms with van der Waals surface area (Å²) in [5.74, 6) is 0. The molecule has 1 N–H and O–H groups in total. The van der Waals surface area contributed by atoms with Crippen LogP contribution in [0.25, 0.3) is 0 Å². The van der Waals surface area contributed by atoms with Gasteiger partial charge in [-0.25, -0.2) is 0 Å². The summed E-state index contributed by atoms with van der Waals surface area (Å²) in [6.07, 6.45) is 3.63. The second-order valence-electron chi connectivity index (χ2n) is 5.60. The molecule has 3 heterocycles. The van der Waals surface area contributed by atoms with Gasteiger partial charge in [0.05, 0.1) is 0 Å². The zero-order valence-corrected chi connectivity index (χ0v) is 12.0. The molecule has 3 fully saturated rings. The van der Waals surface area contributed by atoms with Crippen LogP contribution in [0.2, 0.25) is 0 Å². The van der Waals surface area contributed by atoms with Gasteiger partial charge in [0.2, 0.25) is 0 Å². The minimum Gasteiger partial charge on any atom is -0.385 e. The van der Waals surface area contributed by atoms with E-state index in [1.807, 2.05) is 0 Å². The Balaban J connectivity index is 1.85. The number of nitrogens with one attached hydrogen (secondary N) is 1. The number of hydrogen-bond acceptors (Lipinski definition) is 4. The minimum atomic E-state index is 0.642. The van der Waals surface area contributed by atoms with Crippen molar-refractivity contribution >= 4 is 0 Å². The van der Waals surface area contributed by atoms with Gasteiger partial charge in [0.25, 0.3) is 0 Å². The highest BCUT2D eigenvalue weighted by Crippen LogP contribution is 2.20. The maximum absolute atomic E-state index is 5.19. The van der Waals surface area contributed by atoms with Gasteiger partial charge in [-0.05, 0) is 25.8 Å². The van der Waals surface area contributed by atoms with E-state index in [0.717, 1.165) is 19.2 Å². The molecular weight excluding hydrogens is 226 g/mol. The molecule has 3 aliphatic heterocycles. The Morgan fingerprint density at radius 3 is 2.61 bits per heavy atom. The van der Waals surface area contributed by atoms with Crippen molar-refractivity contribution in [2.24, 2.45) is 0 Å². The minimum absolute atomic E-state index is 0.642. The van der Waals surface area contributed by atoms with Crippen LogP contribution in [0.1, 0.15) is 26.2 Å². The predicted molar refractivity (Wildman–Crippen MR) is 75.0 cm³/mol. The van der Waals surface area contributed by atoms with Crippen LogP contribution in [0, 0.1) is 0 Å². The number of ether oxygens (including phenoxy) is 1. The standard InChI is InChI=1S/C14H29N3O/c1-3-6-15-13(5-4-11-18-2)14-12-16-7-9-17(14)10-8-16/h13-15H,3-12H2,1-2H3. The maximum atomic E-state index is 5.19. The first-order chi connectivity index (χ1) is 8.85. The van der Waals surface area contributed by atoms with Crippen molar-refractivity contribution in [3.8, 4) is 0 Å². The molecule has 0 radical (unpaired) electrons. The number of hydrogen-bond donors (Lipinski definition) is 1. The molecule has 0 aromatic heterocycles. The van der Waals surface area contributed by atoms with Crippen molar-refractivity contribution in [1.29, 1.82) is 0 Å². The van der Waals surface area contributed by atoms with Crippen molar-refractivity contribution in [1.82, 2.24) is 15.1 Å². The monoisotopic (exact) mass is 255 g/mol. The molecule has 4 heteroatoms. The predicted octanol–water partition coefficient (Wildman–Crippen LogP) is 0.781. The first-order valence-electron chi connectivity index (χ1n) is 7.54. The fourth-order valence-corrected chi connectivity index (χ4v) is 3.25. The highest BCUT2D eigenvalue weighted by atomic mass is 16.5. The summed E-state index contributed by atoms with van der Waals surface area (Å²) in [7, 11) is 1.80. The van der Waals surface area contributed by atoms with E-state index in [4.69, 9.17) is 4.74 Å². The van der Waals surface area contributed by atoms with E-state index < -0.39 is 0 Å². The molecule has 0 aliphatic carbocycles. The Hall–Kier alpha value is -0.160. The normalized spacial score (nSPS) is 32.7. The van der Waals surface area contributed by atoms with E-state index in [1.165, 1.54) is 52.0 Å². The van der Waals surface area contributed by atoms with E-state index in [9.17, 15) is 0 Å². The van der Waals surface area contributed by atoms with Gasteiger partial charge in [-0.1, -0.05) is 6.92 Å². The Bertz CT molecular complexity index is 229. The van der Waals surface area contributed by atoms with E-state index in [1.54, 1.807) is 7.11 Å². The summed E-state index contributed by atoms with van der Waals surface area (Å²) in [5.41, 5.74) is 0. The average Bonchev–Trinajstić information content (AvgIpc) is 2.44. The molecule has 2 atom stereocenters. The molecule has 0 spiro atoms. The lowest BCUT2D eigenvalue weighted by atomic mass is 9.96. The average molecular weight is 255 g/mol. The Morgan fingerprint density at radius 2 is 2.06 bits per heavy atom. The second-order valence-corrected chi connectivity index (χ2v) is 5.60. The lowest BCUT2D eigenvalue weighted by molar-refractivity contribution is -0.00555. The Morgan fingerprint density at radius 1 is 1.28 bits per heavy atom. The Kier molecular flexibility index (Phi) is 5.89. The van der Waals surface area contributed by atoms with E-state index in [0.29, 0.717) is 6.04 Å². The van der Waals surface area contributed by atoms with Crippen LogP contribution in [-0.4, -0.2) is 74.9 Å². The number of piperazine rings is 3. The van der Waals surface area contributed by atoms with E-state index >= 15 is 0 Å². The molecule has 0 aromatic rings. The lowest BCUT2D eigenvalue weighted by Crippen LogP contribution is -2.66. The first-order valence-corrected chi connectivity index (χ1v) is 7.54. The second kappa shape index (κ2) is 7.43. The number of nitrogens with zero attached hydrogens (tertiary/aromatic N) is 2. The van der Waals surface area contributed by atoms with Crippen LogP contribution in [0.3, 0.4) is 0 Å². The summed E-state index contributed by atoms with van der Waals surface area (Å²) in [4.78, 5) is 5.32. The van der Waals surface area contributed by atoms with Crippen molar-refractivity contribution in [3.05, 3.63) is 0 Å². The van der Waals surface area contributed by atoms with Gasteiger partial charge in [-0.3, -0.25) is 9.80 Å². The van der Waals surface area contributed by atoms with Crippen LogP contribution in [0.15, 0.2) is 0 Å². The molecule has 2 unspecified atom stereocenters. The van der Waals surface area contributed by atoms with Crippen molar-refractivity contribution in [3.63, 3.8) is 0 Å². The fraction of sp³-hybridized carbons (Fsp3) is 1.00. The molecule has 3 rings (SSSR count). The number of methoxy groups -OCH3 is 1. The van der Waals surface area contributed by atoms with Crippen LogP contribution in [0.4, 0.5) is 0 Å². The lowest BCUT2D eigenvalue weighted by Gasteiger charge is -2.50. The third-order valence-electron chi connectivity index (χ3n) is 4.31. The molecule has 4 nitrogen and oxygen atoms in total. The van der Waals surface area contributed by atoms with Gasteiger partial charge in [-0.15, -0.1) is 0 Å². The molecule has 3 aliphatic rings. The quantitative estimate of drug-likeness (QED) is 0.649. The van der Waals surface area contributed by atoms with Crippen LogP contribution in [-0.2, 0) is 4.74 Å². The van der Waals surface area contributed by atoms with Crippen molar-refractivity contribution in [2.75, 3.05) is 53.0 Å². The molecular formula is C14H29N3O. The van der Waals surface area contributed by atoms with E-state index in [-0.39, 0.29) is 0 Å². The van der Waals surface area contributed by atoms with Crippen molar-refractivity contribution in [2.45, 2.75) is 38.3 Å². The summed E-state index contributed by atoms with van der Waals surface area (Å²) in [6.45, 7) is 10.6. The van der Waals surface area contributed by atoms with E-state index in [2.05, 4.69) is 22.0 Å². The summed E-state index contributed by atoms with van der Waals surface area (Å²) >= 11 is 0. The summed E-state index contributed by atoms with van der Waals surface area (Å²) in [5, 5.41) is 3.76. The van der Waals surface area contributed by atoms with Gasteiger partial charge in [0.15, 0.2) is 0 Å². The SMILES string of the molecule is CCCNC(CCCOC)C1CN2CCN1CC2. The third-order valence-corrected chi connectivity index (χ3v) is 4.31. The van der Waals surface area contributed by atoms with Gasteiger partial charge in [0, 0.05) is 58.5 Å². The largest absolute Gasteiger partial charge is 0.385 e. The van der Waals surface area contributed by atoms with Gasteiger partial charge >= 0.3 is 0 Å². The number of fused-ring (bicyclic) bond motifs is 3. The zero-order valence-electron chi connectivity index (χ0n) is 12.0. The van der Waals surface area contributed by atoms with Gasteiger partial charge < -0.3 is 10.1 Å². The molecule has 18 heavy (non-hydrogen) atoms. The van der Waals surface area contributed by atoms with Crippen LogP contribution >= 0.6 is 0 Å². The van der Waals surface area contributed by atoms with Gasteiger partial charge in [0.1, 0.15) is 0 Å². The first kappa shape index (κ1) is 14.3. The summed E-state index contributed by atoms with van der Waals surface area (Å²) in [6, 6.07) is 1.36. The van der Waals surface area contributed by atoms with Crippen molar-refractivity contribution < 1.29 is 4.74 Å². The third kappa shape index (κ3) is 3.67. The van der Waals surface area contributed by atoms with Crippen LogP contribution in [0.5, 0.6) is 0 Å². The molecule has 2 bridgehead atoms. The molecule has 0 amide bonds. The maximum Gasteiger partial charge on any atom is 0.0462 e. The highest BCUT2D eigenvalue weighted by molar-refractivity contribution is 4.94. The van der Waals surface area contributed by atoms with Crippen LogP contribution < -0.4 is 5.32 Å². The molecule has 106 valence electrons. The molecule has 3 saturated heterocycles. The summed E-state index contributed by atoms with van der Waals surface area (Å²) < 4.78 is 5.19.